The Labute approximate surface area is 179 Å². The molecule has 0 aliphatic rings. The topological polar surface area (TPSA) is 54.9 Å². The van der Waals surface area contributed by atoms with Gasteiger partial charge in [0.25, 0.3) is 5.91 Å². The Bertz CT molecular complexity index is 977. The Hall–Kier alpha value is -2.35. The second kappa shape index (κ2) is 9.91. The van der Waals surface area contributed by atoms with Crippen LogP contribution in [0.25, 0.3) is 10.2 Å². The van der Waals surface area contributed by atoms with Gasteiger partial charge in [0, 0.05) is 17.6 Å². The second-order valence-corrected chi connectivity index (χ2v) is 8.22. The molecule has 1 amide bonds. The van der Waals surface area contributed by atoms with Crippen LogP contribution < -0.4 is 14.4 Å². The van der Waals surface area contributed by atoms with E-state index >= 15 is 0 Å². The Morgan fingerprint density at radius 3 is 2.69 bits per heavy atom. The third kappa shape index (κ3) is 5.82. The molecule has 0 aliphatic carbocycles. The Morgan fingerprint density at radius 1 is 1.14 bits per heavy atom. The fourth-order valence-electron chi connectivity index (χ4n) is 2.79. The van der Waals surface area contributed by atoms with Crippen LogP contribution in [0.5, 0.6) is 11.5 Å². The molecule has 1 aromatic heterocycles. The summed E-state index contributed by atoms with van der Waals surface area (Å²) in [5.41, 5.74) is 0.827. The first kappa shape index (κ1) is 21.4. The normalized spacial score (nSPS) is 11.1. The van der Waals surface area contributed by atoms with E-state index in [9.17, 15) is 4.79 Å². The van der Waals surface area contributed by atoms with Gasteiger partial charge in [-0.15, -0.1) is 0 Å². The summed E-state index contributed by atoms with van der Waals surface area (Å²) < 4.78 is 11.9. The van der Waals surface area contributed by atoms with Crippen molar-refractivity contribution in [2.45, 2.75) is 6.42 Å². The van der Waals surface area contributed by atoms with Gasteiger partial charge in [-0.2, -0.15) is 0 Å². The molecule has 0 bridgehead atoms. The minimum Gasteiger partial charge on any atom is -0.497 e. The number of ether oxygens (including phenoxy) is 2. The first-order chi connectivity index (χ1) is 14.0. The number of benzene rings is 2. The number of halogens is 1. The van der Waals surface area contributed by atoms with E-state index in [-0.39, 0.29) is 12.5 Å². The van der Waals surface area contributed by atoms with Crippen LogP contribution in [0, 0.1) is 0 Å². The number of hydrogen-bond donors (Lipinski definition) is 0. The van der Waals surface area contributed by atoms with E-state index in [2.05, 4.69) is 9.88 Å². The highest BCUT2D eigenvalue weighted by molar-refractivity contribution is 7.22. The Kier molecular flexibility index (Phi) is 7.30. The maximum absolute atomic E-state index is 13.0. The molecule has 3 rings (SSSR count). The van der Waals surface area contributed by atoms with Gasteiger partial charge in [0.2, 0.25) is 0 Å². The molecule has 0 saturated heterocycles. The van der Waals surface area contributed by atoms with E-state index in [0.29, 0.717) is 28.2 Å². The molecule has 0 unspecified atom stereocenters. The quantitative estimate of drug-likeness (QED) is 0.503. The van der Waals surface area contributed by atoms with Gasteiger partial charge < -0.3 is 14.4 Å². The van der Waals surface area contributed by atoms with Crippen molar-refractivity contribution in [1.82, 2.24) is 9.88 Å². The molecule has 29 heavy (non-hydrogen) atoms. The third-order valence-electron chi connectivity index (χ3n) is 4.26. The van der Waals surface area contributed by atoms with Crippen molar-refractivity contribution in [3.05, 3.63) is 47.5 Å². The van der Waals surface area contributed by atoms with Gasteiger partial charge in [0.1, 0.15) is 11.5 Å². The molecule has 0 saturated carbocycles. The smallest absolute Gasteiger partial charge is 0.266 e. The van der Waals surface area contributed by atoms with Crippen molar-refractivity contribution in [3.8, 4) is 11.5 Å². The molecular weight excluding hydrogens is 410 g/mol. The molecule has 8 heteroatoms. The number of rotatable bonds is 9. The highest BCUT2D eigenvalue weighted by Crippen LogP contribution is 2.31. The van der Waals surface area contributed by atoms with Gasteiger partial charge in [-0.05, 0) is 57.4 Å². The number of anilines is 1. The summed E-state index contributed by atoms with van der Waals surface area (Å²) in [5, 5.41) is 1.31. The van der Waals surface area contributed by atoms with E-state index in [1.807, 2.05) is 38.4 Å². The summed E-state index contributed by atoms with van der Waals surface area (Å²) in [4.78, 5) is 21.4. The zero-order valence-corrected chi connectivity index (χ0v) is 18.3. The number of fused-ring (bicyclic) bond motifs is 1. The maximum atomic E-state index is 13.0. The predicted molar refractivity (Wildman–Crippen MR) is 119 cm³/mol. The molecule has 0 atom stereocenters. The first-order valence-corrected chi connectivity index (χ1v) is 10.4. The van der Waals surface area contributed by atoms with Crippen LogP contribution in [-0.4, -0.2) is 56.7 Å². The zero-order valence-electron chi connectivity index (χ0n) is 16.7. The number of carbonyl (C=O) groups is 1. The lowest BCUT2D eigenvalue weighted by Gasteiger charge is -2.21. The van der Waals surface area contributed by atoms with E-state index in [1.165, 1.54) is 11.3 Å². The highest BCUT2D eigenvalue weighted by atomic mass is 35.5. The molecule has 1 heterocycles. The largest absolute Gasteiger partial charge is 0.497 e. The first-order valence-electron chi connectivity index (χ1n) is 9.24. The maximum Gasteiger partial charge on any atom is 0.266 e. The van der Waals surface area contributed by atoms with Crippen LogP contribution in [0.4, 0.5) is 5.13 Å². The SMILES string of the molecule is COc1cccc(OCC(=O)N(CCCN(C)C)c2nc3ccc(Cl)cc3s2)c1. The van der Waals surface area contributed by atoms with Gasteiger partial charge in [-0.1, -0.05) is 29.0 Å². The number of methoxy groups -OCH3 is 1. The van der Waals surface area contributed by atoms with Crippen molar-refractivity contribution >= 4 is 44.2 Å². The highest BCUT2D eigenvalue weighted by Gasteiger charge is 2.20. The summed E-state index contributed by atoms with van der Waals surface area (Å²) in [5.74, 6) is 1.12. The molecular formula is C21H24ClN3O3S. The summed E-state index contributed by atoms with van der Waals surface area (Å²) in [6.45, 7) is 1.36. The standard InChI is InChI=1S/C21H24ClN3O3S/c1-24(2)10-5-11-25(21-23-18-9-8-15(22)12-19(18)29-21)20(26)14-28-17-7-4-6-16(13-17)27-3/h4,6-9,12-13H,5,10-11,14H2,1-3H3. The summed E-state index contributed by atoms with van der Waals surface area (Å²) in [6.07, 6.45) is 0.828. The summed E-state index contributed by atoms with van der Waals surface area (Å²) >= 11 is 7.55. The van der Waals surface area contributed by atoms with Gasteiger partial charge in [-0.3, -0.25) is 9.69 Å². The Balaban J connectivity index is 1.76. The Morgan fingerprint density at radius 2 is 1.93 bits per heavy atom. The van der Waals surface area contributed by atoms with Gasteiger partial charge in [0.15, 0.2) is 11.7 Å². The second-order valence-electron chi connectivity index (χ2n) is 6.78. The molecule has 0 radical (unpaired) electrons. The van der Waals surface area contributed by atoms with Crippen LogP contribution in [0.15, 0.2) is 42.5 Å². The molecule has 3 aromatic rings. The predicted octanol–water partition coefficient (Wildman–Crippen LogP) is 4.32. The number of hydrogen-bond acceptors (Lipinski definition) is 6. The third-order valence-corrected chi connectivity index (χ3v) is 5.54. The zero-order chi connectivity index (χ0) is 20.8. The van der Waals surface area contributed by atoms with E-state index in [1.54, 1.807) is 30.2 Å². The van der Waals surface area contributed by atoms with Gasteiger partial charge in [0.05, 0.1) is 17.3 Å². The van der Waals surface area contributed by atoms with Gasteiger partial charge in [-0.25, -0.2) is 4.98 Å². The average Bonchev–Trinajstić information content (AvgIpc) is 3.12. The minimum atomic E-state index is -0.142. The van der Waals surface area contributed by atoms with E-state index < -0.39 is 0 Å². The summed E-state index contributed by atoms with van der Waals surface area (Å²) in [6, 6.07) is 12.7. The molecule has 6 nitrogen and oxygen atoms in total. The number of carbonyl (C=O) groups excluding carboxylic acids is 1. The fourth-order valence-corrected chi connectivity index (χ4v) is 4.07. The summed E-state index contributed by atoms with van der Waals surface area (Å²) in [7, 11) is 5.62. The number of amides is 1. The van der Waals surface area contributed by atoms with Crippen LogP contribution in [-0.2, 0) is 4.79 Å². The average molecular weight is 434 g/mol. The van der Waals surface area contributed by atoms with Crippen LogP contribution in [0.3, 0.4) is 0 Å². The minimum absolute atomic E-state index is 0.0776. The number of aromatic nitrogens is 1. The van der Waals surface area contributed by atoms with Crippen molar-refractivity contribution in [3.63, 3.8) is 0 Å². The lowest BCUT2D eigenvalue weighted by atomic mass is 10.3. The van der Waals surface area contributed by atoms with Gasteiger partial charge >= 0.3 is 0 Å². The molecule has 2 aromatic carbocycles. The lowest BCUT2D eigenvalue weighted by molar-refractivity contribution is -0.120. The van der Waals surface area contributed by atoms with Crippen LogP contribution >= 0.6 is 22.9 Å². The van der Waals surface area contributed by atoms with Crippen molar-refractivity contribution in [1.29, 1.82) is 0 Å². The fraction of sp³-hybridized carbons (Fsp3) is 0.333. The molecule has 0 spiro atoms. The van der Waals surface area contributed by atoms with Crippen molar-refractivity contribution < 1.29 is 14.3 Å². The lowest BCUT2D eigenvalue weighted by Crippen LogP contribution is -2.36. The molecule has 0 N–H and O–H groups in total. The molecule has 154 valence electrons. The van der Waals surface area contributed by atoms with E-state index in [4.69, 9.17) is 21.1 Å². The van der Waals surface area contributed by atoms with Crippen LogP contribution in [0.2, 0.25) is 5.02 Å². The number of thiazole rings is 1. The molecule has 0 aliphatic heterocycles. The molecule has 0 fully saturated rings. The number of nitrogens with zero attached hydrogens (tertiary/aromatic N) is 3. The van der Waals surface area contributed by atoms with E-state index in [0.717, 1.165) is 23.2 Å². The van der Waals surface area contributed by atoms with Crippen molar-refractivity contribution in [2.75, 3.05) is 45.8 Å². The van der Waals surface area contributed by atoms with Crippen LogP contribution in [0.1, 0.15) is 6.42 Å². The van der Waals surface area contributed by atoms with Crippen molar-refractivity contribution in [2.24, 2.45) is 0 Å². The monoisotopic (exact) mass is 433 g/mol.